The first kappa shape index (κ1) is 18.5. The number of carbonyl (C=O) groups is 1. The van der Waals surface area contributed by atoms with Gasteiger partial charge >= 0.3 is 0 Å². The van der Waals surface area contributed by atoms with Crippen LogP contribution >= 0.6 is 23.2 Å². The SMILES string of the molecule is CCS(=O)(=O)N1CCC[C@H](C(=O)NCc2ccc(Cl)cc2Cl)C1. The lowest BCUT2D eigenvalue weighted by molar-refractivity contribution is -0.126. The maximum atomic E-state index is 12.3. The molecule has 1 aromatic carbocycles. The minimum atomic E-state index is -3.25. The minimum Gasteiger partial charge on any atom is -0.352 e. The number of rotatable bonds is 5. The van der Waals surface area contributed by atoms with E-state index in [1.807, 2.05) is 0 Å². The van der Waals surface area contributed by atoms with Crippen LogP contribution in [0.2, 0.25) is 10.0 Å². The van der Waals surface area contributed by atoms with E-state index < -0.39 is 10.0 Å². The van der Waals surface area contributed by atoms with Crippen LogP contribution in [0, 0.1) is 5.92 Å². The van der Waals surface area contributed by atoms with Crippen LogP contribution in [0.3, 0.4) is 0 Å². The standard InChI is InChI=1S/C15H20Cl2N2O3S/c1-2-23(21,22)19-7-3-4-12(10-19)15(20)18-9-11-5-6-13(16)8-14(11)17/h5-6,8,12H,2-4,7,9-10H2,1H3,(H,18,20)/t12-/m0/s1. The molecule has 1 amide bonds. The van der Waals surface area contributed by atoms with Crippen LogP contribution in [0.5, 0.6) is 0 Å². The maximum absolute atomic E-state index is 12.3. The van der Waals surface area contributed by atoms with Gasteiger partial charge in [0.2, 0.25) is 15.9 Å². The summed E-state index contributed by atoms with van der Waals surface area (Å²) in [5.41, 5.74) is 0.776. The number of carbonyl (C=O) groups excluding carboxylic acids is 1. The van der Waals surface area contributed by atoms with Crippen molar-refractivity contribution in [1.82, 2.24) is 9.62 Å². The lowest BCUT2D eigenvalue weighted by Gasteiger charge is -2.30. The number of nitrogens with one attached hydrogen (secondary N) is 1. The second kappa shape index (κ2) is 7.83. The van der Waals surface area contributed by atoms with Gasteiger partial charge in [0.1, 0.15) is 0 Å². The Kier molecular flexibility index (Phi) is 6.31. The summed E-state index contributed by atoms with van der Waals surface area (Å²) in [6, 6.07) is 5.10. The predicted octanol–water partition coefficient (Wildman–Crippen LogP) is 2.67. The van der Waals surface area contributed by atoms with E-state index in [2.05, 4.69) is 5.32 Å². The zero-order valence-corrected chi connectivity index (χ0v) is 15.2. The predicted molar refractivity (Wildman–Crippen MR) is 92.1 cm³/mol. The molecule has 0 radical (unpaired) electrons. The van der Waals surface area contributed by atoms with Crippen molar-refractivity contribution in [3.63, 3.8) is 0 Å². The Bertz CT molecular complexity index is 679. The summed E-state index contributed by atoms with van der Waals surface area (Å²) in [5.74, 6) is -0.412. The smallest absolute Gasteiger partial charge is 0.224 e. The third-order valence-electron chi connectivity index (χ3n) is 3.98. The third kappa shape index (κ3) is 4.83. The van der Waals surface area contributed by atoms with Gasteiger partial charge in [-0.3, -0.25) is 4.79 Å². The summed E-state index contributed by atoms with van der Waals surface area (Å²) < 4.78 is 25.3. The Hall–Kier alpha value is -0.820. The molecule has 0 aromatic heterocycles. The molecule has 8 heteroatoms. The first-order chi connectivity index (χ1) is 10.8. The van der Waals surface area contributed by atoms with E-state index in [-0.39, 0.29) is 24.1 Å². The topological polar surface area (TPSA) is 66.5 Å². The van der Waals surface area contributed by atoms with Crippen LogP contribution in [0.4, 0.5) is 0 Å². The molecular formula is C15H20Cl2N2O3S. The average molecular weight is 379 g/mol. The van der Waals surface area contributed by atoms with Crippen molar-refractivity contribution >= 4 is 39.1 Å². The first-order valence-corrected chi connectivity index (χ1v) is 9.89. The molecule has 0 unspecified atom stereocenters. The summed E-state index contributed by atoms with van der Waals surface area (Å²) in [7, 11) is -3.25. The molecule has 23 heavy (non-hydrogen) atoms. The zero-order chi connectivity index (χ0) is 17.0. The highest BCUT2D eigenvalue weighted by Crippen LogP contribution is 2.22. The molecule has 0 saturated carbocycles. The zero-order valence-electron chi connectivity index (χ0n) is 12.9. The van der Waals surface area contributed by atoms with Crippen molar-refractivity contribution < 1.29 is 13.2 Å². The summed E-state index contributed by atoms with van der Waals surface area (Å²) in [6.45, 7) is 2.65. The van der Waals surface area contributed by atoms with Gasteiger partial charge in [0.05, 0.1) is 11.7 Å². The number of piperidine rings is 1. The highest BCUT2D eigenvalue weighted by Gasteiger charge is 2.31. The molecule has 1 N–H and O–H groups in total. The summed E-state index contributed by atoms with van der Waals surface area (Å²) in [4.78, 5) is 12.3. The number of nitrogens with zero attached hydrogens (tertiary/aromatic N) is 1. The van der Waals surface area contributed by atoms with E-state index in [1.54, 1.807) is 25.1 Å². The molecule has 1 fully saturated rings. The molecule has 1 atom stereocenters. The largest absolute Gasteiger partial charge is 0.352 e. The second-order valence-electron chi connectivity index (χ2n) is 5.55. The minimum absolute atomic E-state index is 0.0573. The van der Waals surface area contributed by atoms with Crippen LogP contribution in [0.15, 0.2) is 18.2 Å². The van der Waals surface area contributed by atoms with Crippen molar-refractivity contribution in [2.24, 2.45) is 5.92 Å². The van der Waals surface area contributed by atoms with Crippen LogP contribution < -0.4 is 5.32 Å². The van der Waals surface area contributed by atoms with Crippen LogP contribution in [-0.4, -0.2) is 37.5 Å². The Morgan fingerprint density at radius 1 is 1.39 bits per heavy atom. The Morgan fingerprint density at radius 3 is 2.78 bits per heavy atom. The molecule has 1 heterocycles. The molecule has 0 bridgehead atoms. The quantitative estimate of drug-likeness (QED) is 0.856. The highest BCUT2D eigenvalue weighted by atomic mass is 35.5. The number of amides is 1. The van der Waals surface area contributed by atoms with Crippen molar-refractivity contribution in [2.45, 2.75) is 26.3 Å². The normalized spacial score (nSPS) is 19.5. The molecular weight excluding hydrogens is 359 g/mol. The summed E-state index contributed by atoms with van der Waals surface area (Å²) in [5, 5.41) is 3.87. The van der Waals surface area contributed by atoms with E-state index in [1.165, 1.54) is 4.31 Å². The maximum Gasteiger partial charge on any atom is 0.224 e. The molecule has 1 aromatic rings. The first-order valence-electron chi connectivity index (χ1n) is 7.53. The van der Waals surface area contributed by atoms with Gasteiger partial charge in [0.25, 0.3) is 0 Å². The van der Waals surface area contributed by atoms with Crippen molar-refractivity contribution in [3.8, 4) is 0 Å². The fraction of sp³-hybridized carbons (Fsp3) is 0.533. The van der Waals surface area contributed by atoms with Crippen molar-refractivity contribution in [3.05, 3.63) is 33.8 Å². The van der Waals surface area contributed by atoms with Gasteiger partial charge in [-0.25, -0.2) is 12.7 Å². The fourth-order valence-corrected chi connectivity index (χ4v) is 4.24. The van der Waals surface area contributed by atoms with Gasteiger partial charge in [-0.15, -0.1) is 0 Å². The van der Waals surface area contributed by atoms with Gasteiger partial charge in [0.15, 0.2) is 0 Å². The molecule has 128 valence electrons. The van der Waals surface area contributed by atoms with Gasteiger partial charge in [-0.05, 0) is 37.5 Å². The third-order valence-corrected chi connectivity index (χ3v) is 6.42. The molecule has 1 saturated heterocycles. The molecule has 1 aliphatic rings. The van der Waals surface area contributed by atoms with Crippen LogP contribution in [0.1, 0.15) is 25.3 Å². The van der Waals surface area contributed by atoms with E-state index in [0.29, 0.717) is 36.0 Å². The van der Waals surface area contributed by atoms with Gasteiger partial charge < -0.3 is 5.32 Å². The number of benzene rings is 1. The van der Waals surface area contributed by atoms with E-state index in [0.717, 1.165) is 5.56 Å². The van der Waals surface area contributed by atoms with E-state index in [9.17, 15) is 13.2 Å². The molecule has 1 aliphatic heterocycles. The monoisotopic (exact) mass is 378 g/mol. The highest BCUT2D eigenvalue weighted by molar-refractivity contribution is 7.89. The van der Waals surface area contributed by atoms with E-state index in [4.69, 9.17) is 23.2 Å². The lowest BCUT2D eigenvalue weighted by atomic mass is 9.99. The number of sulfonamides is 1. The van der Waals surface area contributed by atoms with Gasteiger partial charge in [0, 0.05) is 29.7 Å². The number of hydrogen-bond acceptors (Lipinski definition) is 3. The Balaban J connectivity index is 1.95. The summed E-state index contributed by atoms with van der Waals surface area (Å²) in [6.07, 6.45) is 1.38. The van der Waals surface area contributed by atoms with Crippen LogP contribution in [-0.2, 0) is 21.4 Å². The molecule has 5 nitrogen and oxygen atoms in total. The average Bonchev–Trinajstić information content (AvgIpc) is 2.54. The van der Waals surface area contributed by atoms with Gasteiger partial charge in [-0.2, -0.15) is 0 Å². The molecule has 2 rings (SSSR count). The van der Waals surface area contributed by atoms with Gasteiger partial charge in [-0.1, -0.05) is 29.3 Å². The molecule has 0 aliphatic carbocycles. The van der Waals surface area contributed by atoms with Crippen LogP contribution in [0.25, 0.3) is 0 Å². The number of halogens is 2. The summed E-state index contributed by atoms with van der Waals surface area (Å²) >= 11 is 11.9. The molecule has 0 spiro atoms. The Labute approximate surface area is 147 Å². The fourth-order valence-electron chi connectivity index (χ4n) is 2.58. The second-order valence-corrected chi connectivity index (χ2v) is 8.65. The lowest BCUT2D eigenvalue weighted by Crippen LogP contribution is -2.45. The Morgan fingerprint density at radius 2 is 2.13 bits per heavy atom. The van der Waals surface area contributed by atoms with E-state index >= 15 is 0 Å². The van der Waals surface area contributed by atoms with Crippen molar-refractivity contribution in [2.75, 3.05) is 18.8 Å². The van der Waals surface area contributed by atoms with Crippen molar-refractivity contribution in [1.29, 1.82) is 0 Å². The number of hydrogen-bond donors (Lipinski definition) is 1.